The molecular weight excluding hydrogens is 472 g/mol. The fourth-order valence-electron chi connectivity index (χ4n) is 9.23. The first-order valence-electron chi connectivity index (χ1n) is 14.5. The van der Waals surface area contributed by atoms with Crippen molar-refractivity contribution in [2.24, 2.45) is 64.2 Å². The Labute approximate surface area is 220 Å². The van der Waals surface area contributed by atoms with Crippen molar-refractivity contribution < 1.29 is 28.9 Å². The molecule has 3 saturated carbocycles. The number of fused-ring (bicyclic) bond motifs is 3. The van der Waals surface area contributed by atoms with E-state index in [1.165, 1.54) is 5.57 Å². The monoisotopic (exact) mass is 518 g/mol. The molecule has 208 valence electrons. The Kier molecular flexibility index (Phi) is 8.14. The Balaban J connectivity index is 1.49. The minimum atomic E-state index is -0.800. The second-order valence-electron chi connectivity index (χ2n) is 12.7. The summed E-state index contributed by atoms with van der Waals surface area (Å²) >= 11 is 0. The van der Waals surface area contributed by atoms with E-state index in [9.17, 15) is 14.7 Å². The first-order chi connectivity index (χ1) is 17.8. The molecule has 4 aliphatic carbocycles. The van der Waals surface area contributed by atoms with Crippen LogP contribution in [-0.2, 0) is 23.8 Å². The molecule has 1 saturated heterocycles. The quantitative estimate of drug-likeness (QED) is 0.424. The molecule has 2 bridgehead atoms. The molecule has 0 amide bonds. The highest BCUT2D eigenvalue weighted by atomic mass is 16.5. The number of nitrogens with two attached hydrogens (primary N) is 2. The highest BCUT2D eigenvalue weighted by molar-refractivity contribution is 5.97. The van der Waals surface area contributed by atoms with Gasteiger partial charge < -0.3 is 30.8 Å². The summed E-state index contributed by atoms with van der Waals surface area (Å²) < 4.78 is 18.8. The summed E-state index contributed by atoms with van der Waals surface area (Å²) in [6, 6.07) is 0. The van der Waals surface area contributed by atoms with Crippen molar-refractivity contribution in [1.29, 1.82) is 0 Å². The van der Waals surface area contributed by atoms with E-state index in [1.54, 1.807) is 0 Å². The molecule has 37 heavy (non-hydrogen) atoms. The fraction of sp³-hybridized carbons (Fsp3) is 0.862. The second kappa shape index (κ2) is 11.0. The summed E-state index contributed by atoms with van der Waals surface area (Å²) in [6.07, 6.45) is 7.13. The first kappa shape index (κ1) is 27.3. The number of allylic oxidation sites excluding steroid dienone is 1. The lowest BCUT2D eigenvalue weighted by molar-refractivity contribution is -0.224. The van der Waals surface area contributed by atoms with Gasteiger partial charge in [-0.1, -0.05) is 19.4 Å². The van der Waals surface area contributed by atoms with Crippen LogP contribution in [0.4, 0.5) is 0 Å². The maximum atomic E-state index is 13.9. The predicted octanol–water partition coefficient (Wildman–Crippen LogP) is 2.64. The molecule has 5 aliphatic rings. The zero-order valence-electron chi connectivity index (χ0n) is 22.5. The van der Waals surface area contributed by atoms with Gasteiger partial charge in [-0.3, -0.25) is 9.59 Å². The molecule has 4 fully saturated rings. The van der Waals surface area contributed by atoms with Gasteiger partial charge in [0.1, 0.15) is 0 Å². The molecule has 10 atom stereocenters. The van der Waals surface area contributed by atoms with Crippen molar-refractivity contribution in [3.05, 3.63) is 11.6 Å². The van der Waals surface area contributed by atoms with Gasteiger partial charge in [-0.15, -0.1) is 0 Å². The van der Waals surface area contributed by atoms with Crippen LogP contribution in [0.5, 0.6) is 0 Å². The van der Waals surface area contributed by atoms with Gasteiger partial charge in [0.15, 0.2) is 5.78 Å². The third kappa shape index (κ3) is 4.71. The van der Waals surface area contributed by atoms with Gasteiger partial charge in [-0.05, 0) is 74.2 Å². The van der Waals surface area contributed by atoms with Crippen molar-refractivity contribution in [3.63, 3.8) is 0 Å². The lowest BCUT2D eigenvalue weighted by atomic mass is 9.45. The van der Waals surface area contributed by atoms with Gasteiger partial charge in [-0.25, -0.2) is 0 Å². The van der Waals surface area contributed by atoms with E-state index in [0.29, 0.717) is 51.4 Å². The van der Waals surface area contributed by atoms with Gasteiger partial charge in [0.2, 0.25) is 0 Å². The number of rotatable bonds is 9. The number of carboxylic acids is 1. The summed E-state index contributed by atoms with van der Waals surface area (Å²) in [7, 11) is 0. The van der Waals surface area contributed by atoms with Crippen LogP contribution in [0, 0.1) is 52.8 Å². The second-order valence-corrected chi connectivity index (χ2v) is 12.7. The number of ether oxygens (including phenoxy) is 3. The minimum absolute atomic E-state index is 0.0233. The summed E-state index contributed by atoms with van der Waals surface area (Å²) in [5, 5.41) is 10.3. The van der Waals surface area contributed by atoms with Crippen LogP contribution < -0.4 is 11.5 Å². The molecule has 0 radical (unpaired) electrons. The van der Waals surface area contributed by atoms with Crippen LogP contribution in [0.15, 0.2) is 11.6 Å². The molecule has 8 nitrogen and oxygen atoms in total. The average Bonchev–Trinajstić information content (AvgIpc) is 2.86. The molecule has 0 aromatic heterocycles. The Morgan fingerprint density at radius 2 is 1.89 bits per heavy atom. The molecule has 8 heteroatoms. The summed E-state index contributed by atoms with van der Waals surface area (Å²) in [6.45, 7) is 7.34. The van der Waals surface area contributed by atoms with E-state index in [1.807, 2.05) is 6.08 Å². The van der Waals surface area contributed by atoms with Crippen LogP contribution >= 0.6 is 0 Å². The summed E-state index contributed by atoms with van der Waals surface area (Å²) in [4.78, 5) is 26.4. The highest BCUT2D eigenvalue weighted by Gasteiger charge is 2.63. The minimum Gasteiger partial charge on any atom is -0.481 e. The Bertz CT molecular complexity index is 892. The number of carboxylic acid groups (broad SMARTS) is 1. The molecule has 0 spiro atoms. The Hall–Kier alpha value is -1.32. The lowest BCUT2D eigenvalue weighted by Crippen LogP contribution is -2.64. The first-order valence-corrected chi connectivity index (χ1v) is 14.5. The standard InChI is InChI=1S/C29H46N2O6/c1-16(2)11-17-3-4-19-18-5-6-21-20-14-35-15-29(21,13-24(36-9-7-30)27(20)37-10-8-31)22(18)12-23(32)26(19)25(17)28(33)34/h12,16-21,24-27H,3-11,13-15,30-31H2,1-2H3,(H,33,34)/t17?,18?,19?,20?,21?,24-,25?,26?,27-,29+/m1/s1. The van der Waals surface area contributed by atoms with E-state index in [0.717, 1.165) is 38.5 Å². The Morgan fingerprint density at radius 3 is 2.59 bits per heavy atom. The van der Waals surface area contributed by atoms with Gasteiger partial charge >= 0.3 is 5.97 Å². The maximum Gasteiger partial charge on any atom is 0.307 e. The number of ketones is 1. The van der Waals surface area contributed by atoms with Gasteiger partial charge in [0.25, 0.3) is 0 Å². The SMILES string of the molecule is CC(C)CC1CCC2C3CCC4C5COC[C@]4(C[C@@H](OCCN)[C@@H]5OCCN)C3=CC(=O)C2C1C(=O)O. The van der Waals surface area contributed by atoms with Crippen LogP contribution in [-0.4, -0.2) is 68.6 Å². The van der Waals surface area contributed by atoms with Crippen LogP contribution in [0.2, 0.25) is 0 Å². The lowest BCUT2D eigenvalue weighted by Gasteiger charge is -2.63. The number of hydrogen-bond acceptors (Lipinski definition) is 7. The summed E-state index contributed by atoms with van der Waals surface area (Å²) in [5.74, 6) is -0.409. The third-order valence-electron chi connectivity index (χ3n) is 10.3. The summed E-state index contributed by atoms with van der Waals surface area (Å²) in [5.41, 5.74) is 12.5. The molecule has 1 heterocycles. The van der Waals surface area contributed by atoms with Crippen LogP contribution in [0.3, 0.4) is 0 Å². The van der Waals surface area contributed by atoms with E-state index in [-0.39, 0.29) is 47.1 Å². The highest BCUT2D eigenvalue weighted by Crippen LogP contribution is 2.64. The zero-order valence-corrected chi connectivity index (χ0v) is 22.5. The van der Waals surface area contributed by atoms with Crippen molar-refractivity contribution in [2.75, 3.05) is 39.5 Å². The van der Waals surface area contributed by atoms with Gasteiger partial charge in [0.05, 0.1) is 44.6 Å². The number of hydrogen-bond donors (Lipinski definition) is 3. The smallest absolute Gasteiger partial charge is 0.307 e. The maximum absolute atomic E-state index is 13.9. The number of carbonyl (C=O) groups excluding carboxylic acids is 1. The topological polar surface area (TPSA) is 134 Å². The molecule has 5 rings (SSSR count). The predicted molar refractivity (Wildman–Crippen MR) is 139 cm³/mol. The third-order valence-corrected chi connectivity index (χ3v) is 10.3. The van der Waals surface area contributed by atoms with E-state index < -0.39 is 17.8 Å². The van der Waals surface area contributed by atoms with Crippen molar-refractivity contribution in [2.45, 2.75) is 64.6 Å². The van der Waals surface area contributed by atoms with Crippen molar-refractivity contribution in [1.82, 2.24) is 0 Å². The molecular formula is C29H46N2O6. The molecule has 1 aliphatic heterocycles. The van der Waals surface area contributed by atoms with Gasteiger partial charge in [-0.2, -0.15) is 0 Å². The zero-order chi connectivity index (χ0) is 26.3. The normalized spacial score (nSPS) is 43.0. The molecule has 0 aromatic carbocycles. The average molecular weight is 519 g/mol. The number of carbonyl (C=O) groups is 2. The number of aliphatic carboxylic acids is 1. The largest absolute Gasteiger partial charge is 0.481 e. The van der Waals surface area contributed by atoms with Crippen LogP contribution in [0.1, 0.15) is 52.4 Å². The van der Waals surface area contributed by atoms with E-state index in [2.05, 4.69) is 13.8 Å². The van der Waals surface area contributed by atoms with Gasteiger partial charge in [0, 0.05) is 30.3 Å². The van der Waals surface area contributed by atoms with Crippen molar-refractivity contribution >= 4 is 11.8 Å². The van der Waals surface area contributed by atoms with Crippen molar-refractivity contribution in [3.8, 4) is 0 Å². The molecule has 7 unspecified atom stereocenters. The van der Waals surface area contributed by atoms with E-state index >= 15 is 0 Å². The molecule has 0 aromatic rings. The fourth-order valence-corrected chi connectivity index (χ4v) is 9.23. The van der Waals surface area contributed by atoms with E-state index in [4.69, 9.17) is 25.7 Å². The van der Waals surface area contributed by atoms with Crippen LogP contribution in [0.25, 0.3) is 0 Å². The Morgan fingerprint density at radius 1 is 1.14 bits per heavy atom. The molecule has 5 N–H and O–H groups in total.